The van der Waals surface area contributed by atoms with Crippen molar-refractivity contribution in [2.75, 3.05) is 13.9 Å². The summed E-state index contributed by atoms with van der Waals surface area (Å²) in [5.74, 6) is 1.49. The monoisotopic (exact) mass is 358 g/mol. The molecule has 0 radical (unpaired) electrons. The molecule has 1 saturated carbocycles. The average molecular weight is 358 g/mol. The van der Waals surface area contributed by atoms with E-state index in [1.54, 1.807) is 7.11 Å². The normalized spacial score (nSPS) is 15.1. The predicted molar refractivity (Wildman–Crippen MR) is 92.7 cm³/mol. The molecule has 138 valence electrons. The first-order valence-electron chi connectivity index (χ1n) is 8.68. The smallest absolute Gasteiger partial charge is 0.318 e. The van der Waals surface area contributed by atoms with Crippen LogP contribution in [0.25, 0.3) is 0 Å². The summed E-state index contributed by atoms with van der Waals surface area (Å²) in [6.07, 6.45) is 2.08. The van der Waals surface area contributed by atoms with Crippen molar-refractivity contribution in [2.45, 2.75) is 38.6 Å². The molecule has 8 heteroatoms. The molecule has 8 nitrogen and oxygen atoms in total. The number of aromatic nitrogens is 2. The Kier molecular flexibility index (Phi) is 4.66. The number of urea groups is 1. The number of hydrogen-bond donors (Lipinski definition) is 2. The number of aromatic amines is 1. The molecule has 1 aliphatic carbocycles. The fraction of sp³-hybridized carbons (Fsp3) is 0.444. The molecule has 1 aromatic carbocycles. The topological polar surface area (TPSA) is 88.7 Å². The summed E-state index contributed by atoms with van der Waals surface area (Å²) < 4.78 is 15.8. The van der Waals surface area contributed by atoms with Gasteiger partial charge >= 0.3 is 6.03 Å². The van der Waals surface area contributed by atoms with Gasteiger partial charge in [-0.05, 0) is 36.6 Å². The Labute approximate surface area is 151 Å². The van der Waals surface area contributed by atoms with E-state index in [1.165, 1.54) is 0 Å². The van der Waals surface area contributed by atoms with Crippen LogP contribution in [0.4, 0.5) is 4.79 Å². The number of rotatable bonds is 7. The van der Waals surface area contributed by atoms with E-state index in [1.807, 2.05) is 29.2 Å². The van der Waals surface area contributed by atoms with E-state index in [-0.39, 0.29) is 12.8 Å². The number of carbonyl (C=O) groups excluding carboxylic acids is 1. The number of nitrogens with one attached hydrogen (secondary N) is 2. The molecule has 0 atom stereocenters. The number of amides is 2. The molecular formula is C18H22N4O4. The second-order valence-corrected chi connectivity index (χ2v) is 6.52. The predicted octanol–water partition coefficient (Wildman–Crippen LogP) is 2.16. The molecule has 0 unspecified atom stereocenters. The van der Waals surface area contributed by atoms with Crippen molar-refractivity contribution in [3.05, 3.63) is 41.2 Å². The van der Waals surface area contributed by atoms with Gasteiger partial charge in [-0.3, -0.25) is 5.10 Å². The molecule has 2 heterocycles. The van der Waals surface area contributed by atoms with E-state index in [4.69, 9.17) is 14.2 Å². The van der Waals surface area contributed by atoms with E-state index in [0.717, 1.165) is 41.3 Å². The minimum atomic E-state index is -0.0759. The lowest BCUT2D eigenvalue weighted by Crippen LogP contribution is -2.40. The van der Waals surface area contributed by atoms with Gasteiger partial charge in [-0.1, -0.05) is 6.07 Å². The number of methoxy groups -OCH3 is 1. The largest absolute Gasteiger partial charge is 0.454 e. The van der Waals surface area contributed by atoms with Gasteiger partial charge in [0.05, 0.1) is 24.5 Å². The van der Waals surface area contributed by atoms with Gasteiger partial charge in [-0.25, -0.2) is 4.79 Å². The zero-order valence-corrected chi connectivity index (χ0v) is 14.7. The number of fused-ring (bicyclic) bond motifs is 1. The van der Waals surface area contributed by atoms with Gasteiger partial charge in [-0.2, -0.15) is 5.10 Å². The molecule has 0 bridgehead atoms. The van der Waals surface area contributed by atoms with Crippen LogP contribution in [0, 0.1) is 0 Å². The summed E-state index contributed by atoms with van der Waals surface area (Å²) in [6.45, 7) is 1.65. The van der Waals surface area contributed by atoms with Crippen LogP contribution in [0.5, 0.6) is 11.5 Å². The lowest BCUT2D eigenvalue weighted by molar-refractivity contribution is 0.173. The van der Waals surface area contributed by atoms with Gasteiger partial charge in [0.1, 0.15) is 0 Å². The van der Waals surface area contributed by atoms with Gasteiger partial charge in [-0.15, -0.1) is 0 Å². The van der Waals surface area contributed by atoms with Crippen LogP contribution in [0.3, 0.4) is 0 Å². The Morgan fingerprint density at radius 2 is 2.19 bits per heavy atom. The maximum Gasteiger partial charge on any atom is 0.318 e. The van der Waals surface area contributed by atoms with Gasteiger partial charge in [0, 0.05) is 19.7 Å². The van der Waals surface area contributed by atoms with Crippen LogP contribution >= 0.6 is 0 Å². The van der Waals surface area contributed by atoms with Crippen molar-refractivity contribution in [3.8, 4) is 11.5 Å². The highest BCUT2D eigenvalue weighted by molar-refractivity contribution is 5.75. The Morgan fingerprint density at radius 1 is 1.35 bits per heavy atom. The maximum atomic E-state index is 12.7. The molecular weight excluding hydrogens is 336 g/mol. The van der Waals surface area contributed by atoms with Gasteiger partial charge in [0.15, 0.2) is 11.5 Å². The van der Waals surface area contributed by atoms with Crippen molar-refractivity contribution >= 4 is 6.03 Å². The Bertz CT molecular complexity index is 787. The standard InChI is InChI=1S/C18H22N4O4/c1-24-10-14-7-13(20-21-14)8-19-18(23)22(15-3-4-15)9-12-2-5-16-17(6-12)26-11-25-16/h2,5-7,15H,3-4,8-11H2,1H3,(H,19,23)(H,20,21). The third-order valence-electron chi connectivity index (χ3n) is 4.44. The van der Waals surface area contributed by atoms with Crippen molar-refractivity contribution in [2.24, 2.45) is 0 Å². The third kappa shape index (κ3) is 3.75. The highest BCUT2D eigenvalue weighted by Gasteiger charge is 2.32. The highest BCUT2D eigenvalue weighted by atomic mass is 16.7. The molecule has 2 aliphatic rings. The molecule has 1 aromatic heterocycles. The summed E-state index contributed by atoms with van der Waals surface area (Å²) in [7, 11) is 1.62. The van der Waals surface area contributed by atoms with Gasteiger partial charge in [0.25, 0.3) is 0 Å². The number of carbonyl (C=O) groups is 1. The molecule has 4 rings (SSSR count). The van der Waals surface area contributed by atoms with E-state index >= 15 is 0 Å². The average Bonchev–Trinajstić information content (AvgIpc) is 3.20. The van der Waals surface area contributed by atoms with E-state index < -0.39 is 0 Å². The second-order valence-electron chi connectivity index (χ2n) is 6.52. The number of H-pyrrole nitrogens is 1. The fourth-order valence-electron chi connectivity index (χ4n) is 2.98. The van der Waals surface area contributed by atoms with Crippen LogP contribution in [0.15, 0.2) is 24.3 Å². The lowest BCUT2D eigenvalue weighted by Gasteiger charge is -2.23. The van der Waals surface area contributed by atoms with Crippen molar-refractivity contribution in [1.29, 1.82) is 0 Å². The molecule has 0 spiro atoms. The van der Waals surface area contributed by atoms with E-state index in [9.17, 15) is 4.79 Å². The molecule has 2 N–H and O–H groups in total. The minimum absolute atomic E-state index is 0.0759. The number of nitrogens with zero attached hydrogens (tertiary/aromatic N) is 2. The number of benzene rings is 1. The Morgan fingerprint density at radius 3 is 3.00 bits per heavy atom. The summed E-state index contributed by atoms with van der Waals surface area (Å²) in [5.41, 5.74) is 2.70. The summed E-state index contributed by atoms with van der Waals surface area (Å²) >= 11 is 0. The lowest BCUT2D eigenvalue weighted by atomic mass is 10.2. The molecule has 2 aromatic rings. The number of ether oxygens (including phenoxy) is 3. The fourth-order valence-corrected chi connectivity index (χ4v) is 2.98. The van der Waals surface area contributed by atoms with Crippen molar-refractivity contribution < 1.29 is 19.0 Å². The molecule has 1 fully saturated rings. The van der Waals surface area contributed by atoms with E-state index in [2.05, 4.69) is 15.5 Å². The maximum absolute atomic E-state index is 12.7. The van der Waals surface area contributed by atoms with Crippen LogP contribution in [-0.4, -0.2) is 41.1 Å². The summed E-state index contributed by atoms with van der Waals surface area (Å²) in [4.78, 5) is 14.5. The van der Waals surface area contributed by atoms with Gasteiger partial charge < -0.3 is 24.4 Å². The molecule has 0 saturated heterocycles. The molecule has 2 amide bonds. The van der Waals surface area contributed by atoms with Gasteiger partial charge in [0.2, 0.25) is 6.79 Å². The highest BCUT2D eigenvalue weighted by Crippen LogP contribution is 2.34. The SMILES string of the molecule is COCc1cc(CNC(=O)N(Cc2ccc3c(c2)OCO3)C2CC2)[nH]n1. The van der Waals surface area contributed by atoms with Crippen LogP contribution in [-0.2, 0) is 24.4 Å². The molecule has 1 aliphatic heterocycles. The van der Waals surface area contributed by atoms with E-state index in [0.29, 0.717) is 25.7 Å². The summed E-state index contributed by atoms with van der Waals surface area (Å²) in [5, 5.41) is 10.0. The molecule has 26 heavy (non-hydrogen) atoms. The third-order valence-corrected chi connectivity index (χ3v) is 4.44. The van der Waals surface area contributed by atoms with Crippen molar-refractivity contribution in [1.82, 2.24) is 20.4 Å². The summed E-state index contributed by atoms with van der Waals surface area (Å²) in [6, 6.07) is 7.92. The number of hydrogen-bond acceptors (Lipinski definition) is 5. The first-order valence-corrected chi connectivity index (χ1v) is 8.68. The van der Waals surface area contributed by atoms with Crippen LogP contribution in [0.2, 0.25) is 0 Å². The second kappa shape index (κ2) is 7.25. The Hall–Kier alpha value is -2.74. The first kappa shape index (κ1) is 16.7. The van der Waals surface area contributed by atoms with Crippen molar-refractivity contribution in [3.63, 3.8) is 0 Å². The Balaban J connectivity index is 1.37. The first-order chi connectivity index (χ1) is 12.7. The quantitative estimate of drug-likeness (QED) is 0.792. The minimum Gasteiger partial charge on any atom is -0.454 e. The zero-order chi connectivity index (χ0) is 17.9. The zero-order valence-electron chi connectivity index (χ0n) is 14.7. The van der Waals surface area contributed by atoms with Crippen LogP contribution in [0.1, 0.15) is 29.8 Å². The van der Waals surface area contributed by atoms with Crippen LogP contribution < -0.4 is 14.8 Å².